The molecule has 6 nitrogen and oxygen atoms in total. The van der Waals surface area contributed by atoms with E-state index >= 15 is 0 Å². The Morgan fingerprint density at radius 1 is 1.32 bits per heavy atom. The van der Waals surface area contributed by atoms with Gasteiger partial charge in [-0.05, 0) is 41.5 Å². The maximum atomic E-state index is 11.6. The Bertz CT molecular complexity index is 463. The fourth-order valence-corrected chi connectivity index (χ4v) is 2.45. The normalized spacial score (nSPS) is 12.4. The van der Waals surface area contributed by atoms with Crippen LogP contribution in [0.3, 0.4) is 0 Å². The third-order valence-electron chi connectivity index (χ3n) is 2.25. The van der Waals surface area contributed by atoms with Crippen molar-refractivity contribution < 1.29 is 14.4 Å². The van der Waals surface area contributed by atoms with Crippen molar-refractivity contribution in [3.05, 3.63) is 10.6 Å². The lowest BCUT2D eigenvalue weighted by Crippen LogP contribution is -2.27. The lowest BCUT2D eigenvalue weighted by atomic mass is 10.1. The monoisotopic (exact) mass is 287 g/mol. The minimum absolute atomic E-state index is 0.465. The van der Waals surface area contributed by atoms with Crippen LogP contribution < -0.4 is 11.2 Å². The van der Waals surface area contributed by atoms with Gasteiger partial charge in [-0.25, -0.2) is 15.7 Å². The number of carbonyl (C=O) groups is 1. The first-order chi connectivity index (χ1) is 8.55. The van der Waals surface area contributed by atoms with Crippen LogP contribution >= 0.6 is 11.3 Å². The summed E-state index contributed by atoms with van der Waals surface area (Å²) in [5.41, 5.74) is -0.416. The number of amides is 1. The number of hydrogen-bond acceptors (Lipinski definition) is 6. The number of nitrogens with zero attached hydrogens (tertiary/aromatic N) is 1. The second-order valence-corrected chi connectivity index (χ2v) is 6.69. The maximum Gasteiger partial charge on any atom is 0.413 e. The van der Waals surface area contributed by atoms with E-state index in [2.05, 4.69) is 10.3 Å². The van der Waals surface area contributed by atoms with Gasteiger partial charge in [-0.2, -0.15) is 0 Å². The zero-order valence-electron chi connectivity index (χ0n) is 12.2. The number of rotatable bonds is 3. The van der Waals surface area contributed by atoms with Crippen LogP contribution in [0.1, 0.15) is 45.2 Å². The van der Waals surface area contributed by atoms with Gasteiger partial charge in [-0.1, -0.05) is 11.3 Å². The molecule has 108 valence electrons. The van der Waals surface area contributed by atoms with Gasteiger partial charge in [0.2, 0.25) is 0 Å². The van der Waals surface area contributed by atoms with Crippen LogP contribution in [0.25, 0.3) is 0 Å². The molecule has 0 aliphatic carbocycles. The quantitative estimate of drug-likeness (QED) is 0.835. The van der Waals surface area contributed by atoms with E-state index < -0.39 is 17.3 Å². The number of anilines is 1. The van der Waals surface area contributed by atoms with Gasteiger partial charge < -0.3 is 4.74 Å². The first-order valence-electron chi connectivity index (χ1n) is 5.91. The SMILES string of the molecule is Cc1nc(NC(=O)OC(C)(C)C)sc1C(C)(C)ON. The largest absolute Gasteiger partial charge is 0.444 e. The second kappa shape index (κ2) is 5.44. The van der Waals surface area contributed by atoms with Crippen LogP contribution in [0.4, 0.5) is 9.93 Å². The van der Waals surface area contributed by atoms with E-state index in [1.54, 1.807) is 20.8 Å². The Morgan fingerprint density at radius 3 is 2.37 bits per heavy atom. The molecule has 0 radical (unpaired) electrons. The number of thiazole rings is 1. The number of carbonyl (C=O) groups excluding carboxylic acids is 1. The van der Waals surface area contributed by atoms with E-state index in [1.165, 1.54) is 11.3 Å². The molecule has 0 fully saturated rings. The summed E-state index contributed by atoms with van der Waals surface area (Å²) in [7, 11) is 0. The van der Waals surface area contributed by atoms with Crippen molar-refractivity contribution in [2.75, 3.05) is 5.32 Å². The fourth-order valence-electron chi connectivity index (χ4n) is 1.45. The van der Waals surface area contributed by atoms with Crippen LogP contribution in [-0.4, -0.2) is 16.7 Å². The summed E-state index contributed by atoms with van der Waals surface area (Å²) in [6, 6.07) is 0. The summed E-state index contributed by atoms with van der Waals surface area (Å²) in [4.78, 5) is 21.7. The fraction of sp³-hybridized carbons (Fsp3) is 0.667. The Balaban J connectivity index is 2.83. The molecular formula is C12H21N3O3S. The molecule has 0 saturated carbocycles. The van der Waals surface area contributed by atoms with Crippen LogP contribution in [0.15, 0.2) is 0 Å². The molecule has 0 bridgehead atoms. The molecule has 0 saturated heterocycles. The minimum atomic E-state index is -0.643. The van der Waals surface area contributed by atoms with Gasteiger partial charge in [0, 0.05) is 0 Å². The van der Waals surface area contributed by atoms with Gasteiger partial charge in [0.25, 0.3) is 0 Å². The summed E-state index contributed by atoms with van der Waals surface area (Å²) >= 11 is 1.32. The lowest BCUT2D eigenvalue weighted by Gasteiger charge is -2.20. The van der Waals surface area contributed by atoms with Crippen molar-refractivity contribution in [3.8, 4) is 0 Å². The molecule has 0 spiro atoms. The number of nitrogens with one attached hydrogen (secondary N) is 1. The molecular weight excluding hydrogens is 266 g/mol. The van der Waals surface area contributed by atoms with Crippen molar-refractivity contribution in [1.29, 1.82) is 0 Å². The molecule has 1 aromatic rings. The molecule has 0 aliphatic rings. The van der Waals surface area contributed by atoms with E-state index in [0.717, 1.165) is 10.6 Å². The minimum Gasteiger partial charge on any atom is -0.444 e. The standard InChI is InChI=1S/C12H21N3O3S/c1-7-8(12(5,6)18-13)19-9(14-7)15-10(16)17-11(2,3)4/h13H2,1-6H3,(H,14,15,16). The van der Waals surface area contributed by atoms with Crippen LogP contribution in [0.5, 0.6) is 0 Å². The van der Waals surface area contributed by atoms with Crippen LogP contribution in [0, 0.1) is 6.92 Å². The zero-order chi connectivity index (χ0) is 14.8. The van der Waals surface area contributed by atoms with Gasteiger partial charge >= 0.3 is 6.09 Å². The van der Waals surface area contributed by atoms with Crippen LogP contribution in [0.2, 0.25) is 0 Å². The van der Waals surface area contributed by atoms with Crippen LogP contribution in [-0.2, 0) is 15.2 Å². The number of aryl methyl sites for hydroxylation is 1. The Labute approximate surface area is 117 Å². The lowest BCUT2D eigenvalue weighted by molar-refractivity contribution is -0.0214. The smallest absolute Gasteiger partial charge is 0.413 e. The van der Waals surface area contributed by atoms with E-state index in [4.69, 9.17) is 15.5 Å². The van der Waals surface area contributed by atoms with Gasteiger partial charge in [-0.3, -0.25) is 10.2 Å². The highest BCUT2D eigenvalue weighted by Gasteiger charge is 2.27. The van der Waals surface area contributed by atoms with Gasteiger partial charge in [0.15, 0.2) is 5.13 Å². The summed E-state index contributed by atoms with van der Waals surface area (Å²) < 4.78 is 5.16. The third-order valence-corrected chi connectivity index (χ3v) is 3.62. The molecule has 1 amide bonds. The Morgan fingerprint density at radius 2 is 1.89 bits per heavy atom. The van der Waals surface area contributed by atoms with E-state index in [9.17, 15) is 4.79 Å². The maximum absolute atomic E-state index is 11.6. The molecule has 0 aliphatic heterocycles. The Kier molecular flexibility index (Phi) is 4.54. The van der Waals surface area contributed by atoms with Gasteiger partial charge in [0.1, 0.15) is 11.2 Å². The van der Waals surface area contributed by atoms with Crippen molar-refractivity contribution in [1.82, 2.24) is 4.98 Å². The second-order valence-electron chi connectivity index (χ2n) is 5.69. The molecule has 7 heteroatoms. The van der Waals surface area contributed by atoms with E-state index in [0.29, 0.717) is 5.13 Å². The summed E-state index contributed by atoms with van der Waals surface area (Å²) in [6.07, 6.45) is -0.528. The first kappa shape index (κ1) is 15.9. The predicted molar refractivity (Wildman–Crippen MR) is 75.0 cm³/mol. The highest BCUT2D eigenvalue weighted by Crippen LogP contribution is 2.33. The summed E-state index contributed by atoms with van der Waals surface area (Å²) in [6.45, 7) is 10.9. The average molecular weight is 287 g/mol. The van der Waals surface area contributed by atoms with E-state index in [-0.39, 0.29) is 0 Å². The van der Waals surface area contributed by atoms with Crippen molar-refractivity contribution in [2.24, 2.45) is 5.90 Å². The number of hydrogen-bond donors (Lipinski definition) is 2. The van der Waals surface area contributed by atoms with Crippen molar-refractivity contribution in [3.63, 3.8) is 0 Å². The molecule has 1 heterocycles. The van der Waals surface area contributed by atoms with Gasteiger partial charge in [0.05, 0.1) is 10.6 Å². The molecule has 0 atom stereocenters. The molecule has 1 aromatic heterocycles. The Hall–Kier alpha value is -1.18. The summed E-state index contributed by atoms with van der Waals surface area (Å²) in [5.74, 6) is 5.27. The van der Waals surface area contributed by atoms with Crippen molar-refractivity contribution in [2.45, 2.75) is 52.7 Å². The molecule has 0 unspecified atom stereocenters. The number of nitrogens with two attached hydrogens (primary N) is 1. The predicted octanol–water partition coefficient (Wildman–Crippen LogP) is 2.92. The number of ether oxygens (including phenoxy) is 1. The van der Waals surface area contributed by atoms with Crippen molar-refractivity contribution >= 4 is 22.6 Å². The summed E-state index contributed by atoms with van der Waals surface area (Å²) in [5, 5.41) is 3.07. The first-order valence-corrected chi connectivity index (χ1v) is 6.72. The zero-order valence-corrected chi connectivity index (χ0v) is 13.0. The molecule has 0 aromatic carbocycles. The highest BCUT2D eigenvalue weighted by atomic mass is 32.1. The topological polar surface area (TPSA) is 86.5 Å². The molecule has 3 N–H and O–H groups in total. The highest BCUT2D eigenvalue weighted by molar-refractivity contribution is 7.16. The average Bonchev–Trinajstić information content (AvgIpc) is 2.57. The number of aromatic nitrogens is 1. The molecule has 1 rings (SSSR count). The van der Waals surface area contributed by atoms with Gasteiger partial charge in [-0.15, -0.1) is 0 Å². The molecule has 19 heavy (non-hydrogen) atoms. The third kappa shape index (κ3) is 4.45. The van der Waals surface area contributed by atoms with E-state index in [1.807, 2.05) is 20.8 Å².